The van der Waals surface area contributed by atoms with Gasteiger partial charge < -0.3 is 4.52 Å². The summed E-state index contributed by atoms with van der Waals surface area (Å²) in [4.78, 5) is 0. The van der Waals surface area contributed by atoms with Crippen molar-refractivity contribution in [1.82, 2.24) is 0 Å². The molecule has 0 radical (unpaired) electrons. The summed E-state index contributed by atoms with van der Waals surface area (Å²) in [5, 5.41) is 0. The lowest BCUT2D eigenvalue weighted by Crippen LogP contribution is -1.92. The van der Waals surface area contributed by atoms with E-state index in [1.54, 1.807) is 6.66 Å². The zero-order valence-corrected chi connectivity index (χ0v) is 10.8. The molecule has 1 unspecified atom stereocenters. The molecule has 0 aliphatic rings. The van der Waals surface area contributed by atoms with E-state index in [9.17, 15) is 4.57 Å². The molecule has 0 aromatic heterocycles. The average molecular weight is 277 g/mol. The Balaban J connectivity index is 2.69. The lowest BCUT2D eigenvalue weighted by Gasteiger charge is -2.12. The molecule has 0 heterocycles. The highest BCUT2D eigenvalue weighted by Gasteiger charge is 2.15. The fraction of sp³-hybridized carbons (Fsp3) is 0.400. The summed E-state index contributed by atoms with van der Waals surface area (Å²) in [5.74, 6) is 0. The molecule has 0 amide bonds. The molecular formula is C10H14BrO2P. The maximum absolute atomic E-state index is 11.8. The monoisotopic (exact) mass is 276 g/mol. The van der Waals surface area contributed by atoms with Crippen LogP contribution in [0, 0.1) is 0 Å². The number of benzene rings is 1. The van der Waals surface area contributed by atoms with Gasteiger partial charge in [0.2, 0.25) is 7.37 Å². The third-order valence-corrected chi connectivity index (χ3v) is 4.06. The highest BCUT2D eigenvalue weighted by atomic mass is 79.9. The highest BCUT2D eigenvalue weighted by molar-refractivity contribution is 9.10. The maximum Gasteiger partial charge on any atom is 0.204 e. The van der Waals surface area contributed by atoms with Crippen LogP contribution >= 0.6 is 23.3 Å². The molecule has 1 atom stereocenters. The van der Waals surface area contributed by atoms with Gasteiger partial charge in [-0.25, -0.2) is 0 Å². The fourth-order valence-electron chi connectivity index (χ4n) is 1.24. The van der Waals surface area contributed by atoms with Crippen LogP contribution < -0.4 is 0 Å². The standard InChI is InChI=1S/C10H14BrO2P/c1-3-13-14(2,12)8-9-4-6-10(11)7-5-9/h4-7H,3,8H2,1-2H3. The smallest absolute Gasteiger partial charge is 0.204 e. The van der Waals surface area contributed by atoms with Gasteiger partial charge in [0, 0.05) is 17.3 Å². The molecule has 0 saturated heterocycles. The van der Waals surface area contributed by atoms with E-state index in [1.165, 1.54) is 0 Å². The van der Waals surface area contributed by atoms with Crippen LogP contribution in [0.1, 0.15) is 12.5 Å². The van der Waals surface area contributed by atoms with Crippen molar-refractivity contribution in [2.24, 2.45) is 0 Å². The summed E-state index contributed by atoms with van der Waals surface area (Å²) in [6.07, 6.45) is 0.508. The largest absolute Gasteiger partial charge is 0.329 e. The van der Waals surface area contributed by atoms with Crippen LogP contribution in [0.5, 0.6) is 0 Å². The number of rotatable bonds is 4. The minimum absolute atomic E-state index is 0.504. The zero-order valence-electron chi connectivity index (χ0n) is 8.37. The first-order valence-electron chi connectivity index (χ1n) is 4.49. The van der Waals surface area contributed by atoms with E-state index in [0.717, 1.165) is 10.0 Å². The van der Waals surface area contributed by atoms with Gasteiger partial charge >= 0.3 is 0 Å². The van der Waals surface area contributed by atoms with Gasteiger partial charge in [-0.15, -0.1) is 0 Å². The predicted octanol–water partition coefficient (Wildman–Crippen LogP) is 3.89. The molecule has 4 heteroatoms. The number of halogens is 1. The van der Waals surface area contributed by atoms with E-state index in [2.05, 4.69) is 15.9 Å². The van der Waals surface area contributed by atoms with Gasteiger partial charge in [-0.05, 0) is 24.6 Å². The third-order valence-electron chi connectivity index (χ3n) is 1.79. The molecule has 0 aliphatic carbocycles. The molecule has 1 rings (SSSR count). The molecule has 78 valence electrons. The Labute approximate surface area is 93.2 Å². The van der Waals surface area contributed by atoms with Crippen LogP contribution in [0.3, 0.4) is 0 Å². The van der Waals surface area contributed by atoms with Gasteiger partial charge in [0.25, 0.3) is 0 Å². The SMILES string of the molecule is CCOP(C)(=O)Cc1ccc(Br)cc1. The molecule has 0 bridgehead atoms. The van der Waals surface area contributed by atoms with Gasteiger partial charge in [-0.3, -0.25) is 4.57 Å². The van der Waals surface area contributed by atoms with E-state index < -0.39 is 7.37 Å². The van der Waals surface area contributed by atoms with Crippen LogP contribution in [0.2, 0.25) is 0 Å². The molecule has 0 saturated carbocycles. The average Bonchev–Trinajstić information content (AvgIpc) is 2.08. The van der Waals surface area contributed by atoms with Gasteiger partial charge in [0.15, 0.2) is 0 Å². The second-order valence-corrected chi connectivity index (χ2v) is 6.73. The van der Waals surface area contributed by atoms with Crippen molar-refractivity contribution >= 4 is 23.3 Å². The van der Waals surface area contributed by atoms with Crippen LogP contribution in [0.15, 0.2) is 28.7 Å². The van der Waals surface area contributed by atoms with Crippen molar-refractivity contribution < 1.29 is 9.09 Å². The Morgan fingerprint density at radius 2 is 1.93 bits per heavy atom. The first-order chi connectivity index (χ1) is 6.53. The fourth-order valence-corrected chi connectivity index (χ4v) is 3.02. The summed E-state index contributed by atoms with van der Waals surface area (Å²) in [6, 6.07) is 7.81. The molecule has 1 aromatic carbocycles. The van der Waals surface area contributed by atoms with Gasteiger partial charge in [0.1, 0.15) is 0 Å². The molecule has 1 aromatic rings. The Bertz CT molecular complexity index is 334. The highest BCUT2D eigenvalue weighted by Crippen LogP contribution is 2.45. The Morgan fingerprint density at radius 3 is 2.43 bits per heavy atom. The van der Waals surface area contributed by atoms with Crippen molar-refractivity contribution in [3.8, 4) is 0 Å². The molecule has 14 heavy (non-hydrogen) atoms. The number of hydrogen-bond acceptors (Lipinski definition) is 2. The van der Waals surface area contributed by atoms with Gasteiger partial charge in [-0.2, -0.15) is 0 Å². The summed E-state index contributed by atoms with van der Waals surface area (Å²) >= 11 is 3.36. The first-order valence-corrected chi connectivity index (χ1v) is 7.54. The van der Waals surface area contributed by atoms with E-state index in [-0.39, 0.29) is 0 Å². The minimum atomic E-state index is -2.44. The van der Waals surface area contributed by atoms with Gasteiger partial charge in [-0.1, -0.05) is 28.1 Å². The zero-order chi connectivity index (χ0) is 10.6. The summed E-state index contributed by atoms with van der Waals surface area (Å²) in [7, 11) is -2.44. The van der Waals surface area contributed by atoms with E-state index in [0.29, 0.717) is 12.8 Å². The Morgan fingerprint density at radius 1 is 1.36 bits per heavy atom. The molecule has 2 nitrogen and oxygen atoms in total. The predicted molar refractivity (Wildman–Crippen MR) is 63.0 cm³/mol. The Kier molecular flexibility index (Phi) is 4.36. The van der Waals surface area contributed by atoms with E-state index >= 15 is 0 Å². The lowest BCUT2D eigenvalue weighted by molar-refractivity contribution is 0.336. The Hall–Kier alpha value is -0.110. The second-order valence-electron chi connectivity index (χ2n) is 3.22. The molecule has 0 aliphatic heterocycles. The molecule has 0 N–H and O–H groups in total. The van der Waals surface area contributed by atoms with E-state index in [1.807, 2.05) is 31.2 Å². The third kappa shape index (κ3) is 3.95. The van der Waals surface area contributed by atoms with Crippen molar-refractivity contribution in [3.63, 3.8) is 0 Å². The second kappa shape index (κ2) is 5.11. The topological polar surface area (TPSA) is 26.3 Å². The van der Waals surface area contributed by atoms with E-state index in [4.69, 9.17) is 4.52 Å². The van der Waals surface area contributed by atoms with Crippen LogP contribution in [-0.4, -0.2) is 13.3 Å². The maximum atomic E-state index is 11.8. The lowest BCUT2D eigenvalue weighted by atomic mass is 10.2. The number of hydrogen-bond donors (Lipinski definition) is 0. The van der Waals surface area contributed by atoms with Crippen molar-refractivity contribution in [2.75, 3.05) is 13.3 Å². The van der Waals surface area contributed by atoms with Gasteiger partial charge in [0.05, 0.1) is 6.61 Å². The van der Waals surface area contributed by atoms with Crippen LogP contribution in [-0.2, 0) is 15.3 Å². The molecular weight excluding hydrogens is 263 g/mol. The molecule has 0 spiro atoms. The van der Waals surface area contributed by atoms with Crippen molar-refractivity contribution in [2.45, 2.75) is 13.1 Å². The van der Waals surface area contributed by atoms with Crippen LogP contribution in [0.4, 0.5) is 0 Å². The summed E-state index contributed by atoms with van der Waals surface area (Å²) < 4.78 is 18.1. The van der Waals surface area contributed by atoms with Crippen molar-refractivity contribution in [1.29, 1.82) is 0 Å². The van der Waals surface area contributed by atoms with Crippen LogP contribution in [0.25, 0.3) is 0 Å². The molecule has 0 fully saturated rings. The summed E-state index contributed by atoms with van der Waals surface area (Å²) in [6.45, 7) is 4.04. The quantitative estimate of drug-likeness (QED) is 0.780. The summed E-state index contributed by atoms with van der Waals surface area (Å²) in [5.41, 5.74) is 1.05. The van der Waals surface area contributed by atoms with Crippen molar-refractivity contribution in [3.05, 3.63) is 34.3 Å². The normalized spacial score (nSPS) is 15.1. The first kappa shape index (κ1) is 12.0. The minimum Gasteiger partial charge on any atom is -0.329 e.